The van der Waals surface area contributed by atoms with Crippen molar-refractivity contribution in [3.63, 3.8) is 0 Å². The normalized spacial score (nSPS) is 15.5. The molecule has 0 saturated heterocycles. The van der Waals surface area contributed by atoms with Gasteiger partial charge in [-0.2, -0.15) is 0 Å². The quantitative estimate of drug-likeness (QED) is 0.787. The number of fused-ring (bicyclic) bond motifs is 3. The third-order valence-electron chi connectivity index (χ3n) is 5.46. The number of H-pyrrole nitrogens is 1. The first-order valence-electron chi connectivity index (χ1n) is 10.5. The van der Waals surface area contributed by atoms with Gasteiger partial charge >= 0.3 is 0 Å². The van der Waals surface area contributed by atoms with Crippen molar-refractivity contribution in [3.8, 4) is 0 Å². The standard InChI is InChI=1S/C24H29N5O/c1-16(2)29(17(3)4)22-11-6-10-20-19-9-5-8-18(14-21(19)26-23(20)22)24(30)27-28-13-7-12-25-15-28/h5-8,10-14,16-17,26H,9,15H2,1-4H3,(H,27,30). The van der Waals surface area contributed by atoms with Gasteiger partial charge in [0, 0.05) is 41.2 Å². The summed E-state index contributed by atoms with van der Waals surface area (Å²) in [5, 5.41) is 2.89. The van der Waals surface area contributed by atoms with Crippen molar-refractivity contribution in [1.29, 1.82) is 0 Å². The number of allylic oxidation sites excluding steroid dienone is 2. The molecule has 0 saturated carbocycles. The molecule has 2 N–H and O–H groups in total. The van der Waals surface area contributed by atoms with Gasteiger partial charge in [-0.3, -0.25) is 20.2 Å². The zero-order chi connectivity index (χ0) is 21.3. The van der Waals surface area contributed by atoms with E-state index < -0.39 is 0 Å². The fraction of sp³-hybridized carbons (Fsp3) is 0.333. The van der Waals surface area contributed by atoms with Crippen LogP contribution in [0.2, 0.25) is 0 Å². The first-order valence-corrected chi connectivity index (χ1v) is 10.5. The zero-order valence-corrected chi connectivity index (χ0v) is 18.0. The highest BCUT2D eigenvalue weighted by atomic mass is 16.2. The lowest BCUT2D eigenvalue weighted by atomic mass is 10.1. The Morgan fingerprint density at radius 1 is 1.23 bits per heavy atom. The summed E-state index contributed by atoms with van der Waals surface area (Å²) in [5.74, 6) is -0.147. The number of rotatable bonds is 5. The molecule has 6 nitrogen and oxygen atoms in total. The molecule has 2 aliphatic rings. The minimum atomic E-state index is -0.147. The Labute approximate surface area is 177 Å². The van der Waals surface area contributed by atoms with Crippen LogP contribution in [0.15, 0.2) is 53.2 Å². The lowest BCUT2D eigenvalue weighted by molar-refractivity contribution is -0.120. The van der Waals surface area contributed by atoms with Gasteiger partial charge in [0.15, 0.2) is 0 Å². The Balaban J connectivity index is 1.72. The summed E-state index contributed by atoms with van der Waals surface area (Å²) in [6.07, 6.45) is 12.0. The van der Waals surface area contributed by atoms with Gasteiger partial charge in [0.05, 0.1) is 11.2 Å². The summed E-state index contributed by atoms with van der Waals surface area (Å²) in [4.78, 5) is 23.0. The predicted octanol–water partition coefficient (Wildman–Crippen LogP) is 4.18. The van der Waals surface area contributed by atoms with Crippen molar-refractivity contribution >= 4 is 34.8 Å². The number of benzene rings is 1. The second-order valence-electron chi connectivity index (χ2n) is 8.24. The van der Waals surface area contributed by atoms with Gasteiger partial charge in [-0.15, -0.1) is 0 Å². The minimum absolute atomic E-state index is 0.147. The first-order chi connectivity index (χ1) is 14.5. The lowest BCUT2D eigenvalue weighted by Gasteiger charge is -2.33. The van der Waals surface area contributed by atoms with Gasteiger partial charge in [0.2, 0.25) is 0 Å². The smallest absolute Gasteiger partial charge is 0.269 e. The Kier molecular flexibility index (Phi) is 5.48. The molecule has 0 fully saturated rings. The minimum Gasteiger partial charge on any atom is -0.365 e. The van der Waals surface area contributed by atoms with Crippen LogP contribution < -0.4 is 10.3 Å². The fourth-order valence-corrected chi connectivity index (χ4v) is 4.29. The fourth-order valence-electron chi connectivity index (χ4n) is 4.29. The van der Waals surface area contributed by atoms with Gasteiger partial charge in [-0.25, -0.2) is 0 Å². The molecule has 0 radical (unpaired) electrons. The number of carbonyl (C=O) groups is 1. The van der Waals surface area contributed by atoms with E-state index in [2.05, 4.69) is 72.3 Å². The average molecular weight is 404 g/mol. The molecule has 0 spiro atoms. The summed E-state index contributed by atoms with van der Waals surface area (Å²) in [5.41, 5.74) is 8.06. The van der Waals surface area contributed by atoms with Crippen molar-refractivity contribution in [2.45, 2.75) is 46.2 Å². The molecular weight excluding hydrogens is 374 g/mol. The molecule has 6 heteroatoms. The van der Waals surface area contributed by atoms with Gasteiger partial charge in [-0.1, -0.05) is 24.3 Å². The number of anilines is 1. The van der Waals surface area contributed by atoms with Crippen LogP contribution in [0.25, 0.3) is 17.0 Å². The van der Waals surface area contributed by atoms with Crippen LogP contribution in [0.1, 0.15) is 39.0 Å². The lowest BCUT2D eigenvalue weighted by Crippen LogP contribution is -2.39. The molecule has 156 valence electrons. The van der Waals surface area contributed by atoms with E-state index in [0.717, 1.165) is 17.6 Å². The van der Waals surface area contributed by atoms with Crippen LogP contribution in [0.4, 0.5) is 5.69 Å². The highest BCUT2D eigenvalue weighted by molar-refractivity contribution is 6.03. The van der Waals surface area contributed by atoms with E-state index in [1.807, 2.05) is 12.2 Å². The third-order valence-corrected chi connectivity index (χ3v) is 5.46. The van der Waals surface area contributed by atoms with Gasteiger partial charge in [-0.05, 0) is 57.9 Å². The molecule has 1 amide bonds. The van der Waals surface area contributed by atoms with Crippen LogP contribution >= 0.6 is 0 Å². The molecule has 0 atom stereocenters. The molecule has 1 aliphatic heterocycles. The molecule has 1 aromatic heterocycles. The van der Waals surface area contributed by atoms with E-state index >= 15 is 0 Å². The Hall–Kier alpha value is -3.28. The van der Waals surface area contributed by atoms with E-state index in [9.17, 15) is 4.79 Å². The maximum atomic E-state index is 12.8. The number of hydrogen-bond donors (Lipinski definition) is 2. The van der Waals surface area contributed by atoms with Gasteiger partial charge in [0.1, 0.15) is 6.67 Å². The van der Waals surface area contributed by atoms with Crippen molar-refractivity contribution in [1.82, 2.24) is 15.4 Å². The summed E-state index contributed by atoms with van der Waals surface area (Å²) < 4.78 is 0. The number of aromatic nitrogens is 1. The van der Waals surface area contributed by atoms with Crippen molar-refractivity contribution in [2.75, 3.05) is 11.6 Å². The second kappa shape index (κ2) is 8.22. The molecule has 0 bridgehead atoms. The van der Waals surface area contributed by atoms with E-state index in [0.29, 0.717) is 24.3 Å². The number of carbonyl (C=O) groups excluding carboxylic acids is 1. The highest BCUT2D eigenvalue weighted by Gasteiger charge is 2.21. The highest BCUT2D eigenvalue weighted by Crippen LogP contribution is 2.34. The monoisotopic (exact) mass is 403 g/mol. The third kappa shape index (κ3) is 3.77. The van der Waals surface area contributed by atoms with Crippen LogP contribution in [0.5, 0.6) is 0 Å². The van der Waals surface area contributed by atoms with E-state index in [4.69, 9.17) is 0 Å². The van der Waals surface area contributed by atoms with E-state index in [-0.39, 0.29) is 5.91 Å². The molecule has 2 aromatic rings. The summed E-state index contributed by atoms with van der Waals surface area (Å²) in [7, 11) is 0. The molecule has 30 heavy (non-hydrogen) atoms. The largest absolute Gasteiger partial charge is 0.365 e. The van der Waals surface area contributed by atoms with Crippen LogP contribution in [-0.4, -0.2) is 40.9 Å². The molecule has 0 unspecified atom stereocenters. The van der Waals surface area contributed by atoms with Crippen LogP contribution in [0, 0.1) is 0 Å². The first kappa shape index (κ1) is 20.0. The summed E-state index contributed by atoms with van der Waals surface area (Å²) in [6.45, 7) is 9.29. The van der Waals surface area contributed by atoms with Gasteiger partial charge in [0.25, 0.3) is 5.91 Å². The van der Waals surface area contributed by atoms with Crippen molar-refractivity contribution in [3.05, 3.63) is 59.5 Å². The Bertz CT molecular complexity index is 1060. The number of nitrogens with one attached hydrogen (secondary N) is 2. The van der Waals surface area contributed by atoms with Crippen molar-refractivity contribution in [2.24, 2.45) is 4.99 Å². The summed E-state index contributed by atoms with van der Waals surface area (Å²) in [6, 6.07) is 7.23. The molecule has 1 aromatic carbocycles. The number of aromatic amines is 1. The predicted molar refractivity (Wildman–Crippen MR) is 124 cm³/mol. The number of para-hydroxylation sites is 1. The maximum Gasteiger partial charge on any atom is 0.269 e. The van der Waals surface area contributed by atoms with E-state index in [1.165, 1.54) is 16.6 Å². The number of amides is 1. The molecule has 1 aliphatic carbocycles. The summed E-state index contributed by atoms with van der Waals surface area (Å²) >= 11 is 0. The Morgan fingerprint density at radius 3 is 2.73 bits per heavy atom. The topological polar surface area (TPSA) is 63.7 Å². The SMILES string of the molecule is CC(C)N(c1cccc2c3c([nH]c12)C=C(C(=O)NN1C=CC=NC1)C=CC3)C(C)C. The number of hydrazine groups is 1. The number of hydrogen-bond acceptors (Lipinski definition) is 4. The number of aliphatic imine (C=N–C) groups is 1. The molecular formula is C24H29N5O. The Morgan fingerprint density at radius 2 is 2.03 bits per heavy atom. The second-order valence-corrected chi connectivity index (χ2v) is 8.24. The van der Waals surface area contributed by atoms with Crippen molar-refractivity contribution < 1.29 is 4.79 Å². The van der Waals surface area contributed by atoms with Gasteiger partial charge < -0.3 is 9.88 Å². The number of nitrogens with zero attached hydrogens (tertiary/aromatic N) is 3. The van der Waals surface area contributed by atoms with E-state index in [1.54, 1.807) is 23.5 Å². The zero-order valence-electron chi connectivity index (χ0n) is 18.0. The maximum absolute atomic E-state index is 12.8. The average Bonchev–Trinajstić information content (AvgIpc) is 2.92. The molecule has 2 heterocycles. The van der Waals surface area contributed by atoms with Crippen LogP contribution in [0.3, 0.4) is 0 Å². The molecule has 4 rings (SSSR count). The van der Waals surface area contributed by atoms with Crippen LogP contribution in [-0.2, 0) is 11.2 Å².